The van der Waals surface area contributed by atoms with Crippen LogP contribution < -0.4 is 4.74 Å². The number of hydrogen-bond acceptors (Lipinski definition) is 4. The molecule has 0 bridgehead atoms. The molecule has 0 spiro atoms. The predicted octanol–water partition coefficient (Wildman–Crippen LogP) is 4.46. The van der Waals surface area contributed by atoms with Gasteiger partial charge in [0.1, 0.15) is 16.4 Å². The molecular formula is C21H21FN2O2S. The van der Waals surface area contributed by atoms with Crippen LogP contribution in [0, 0.1) is 12.7 Å². The lowest BCUT2D eigenvalue weighted by molar-refractivity contribution is 0.0789. The summed E-state index contributed by atoms with van der Waals surface area (Å²) in [5.41, 5.74) is 2.69. The molecule has 0 aliphatic heterocycles. The van der Waals surface area contributed by atoms with Crippen LogP contribution in [0.25, 0.3) is 0 Å². The average molecular weight is 384 g/mol. The second-order valence-electron chi connectivity index (χ2n) is 6.34. The molecule has 0 atom stereocenters. The number of nitrogens with zero attached hydrogens (tertiary/aromatic N) is 2. The molecule has 1 aromatic heterocycles. The Morgan fingerprint density at radius 1 is 1.19 bits per heavy atom. The molecule has 0 unspecified atom stereocenters. The van der Waals surface area contributed by atoms with Gasteiger partial charge < -0.3 is 9.64 Å². The Morgan fingerprint density at radius 3 is 2.63 bits per heavy atom. The van der Waals surface area contributed by atoms with E-state index in [-0.39, 0.29) is 11.7 Å². The summed E-state index contributed by atoms with van der Waals surface area (Å²) >= 11 is 1.39. The normalized spacial score (nSPS) is 10.7. The van der Waals surface area contributed by atoms with Gasteiger partial charge in [-0.25, -0.2) is 9.37 Å². The van der Waals surface area contributed by atoms with Crippen molar-refractivity contribution in [3.05, 3.63) is 81.1 Å². The molecule has 0 N–H and O–H groups in total. The Labute approximate surface area is 162 Å². The number of carbonyl (C=O) groups excluding carboxylic acids is 1. The van der Waals surface area contributed by atoms with Gasteiger partial charge in [0.2, 0.25) is 0 Å². The first-order valence-electron chi connectivity index (χ1n) is 8.55. The second-order valence-corrected chi connectivity index (χ2v) is 7.42. The van der Waals surface area contributed by atoms with E-state index in [4.69, 9.17) is 4.74 Å². The number of halogens is 1. The van der Waals surface area contributed by atoms with Crippen molar-refractivity contribution in [2.24, 2.45) is 0 Å². The lowest BCUT2D eigenvalue weighted by Gasteiger charge is -2.17. The van der Waals surface area contributed by atoms with Crippen molar-refractivity contribution in [3.8, 4) is 5.75 Å². The van der Waals surface area contributed by atoms with Crippen LogP contribution in [-0.2, 0) is 13.0 Å². The van der Waals surface area contributed by atoms with Gasteiger partial charge in [0, 0.05) is 20.0 Å². The van der Waals surface area contributed by atoms with Crippen LogP contribution in [-0.4, -0.2) is 29.9 Å². The number of methoxy groups -OCH3 is 1. The number of rotatable bonds is 6. The number of thiazole rings is 1. The minimum absolute atomic E-state index is 0.0572. The fraction of sp³-hybridized carbons (Fsp3) is 0.238. The zero-order valence-electron chi connectivity index (χ0n) is 15.5. The number of hydrogen-bond donors (Lipinski definition) is 0. The van der Waals surface area contributed by atoms with Crippen molar-refractivity contribution in [3.63, 3.8) is 0 Å². The van der Waals surface area contributed by atoms with Crippen LogP contribution in [0.15, 0.2) is 48.5 Å². The van der Waals surface area contributed by atoms with E-state index in [1.54, 1.807) is 31.2 Å². The van der Waals surface area contributed by atoms with Gasteiger partial charge >= 0.3 is 0 Å². The molecule has 27 heavy (non-hydrogen) atoms. The van der Waals surface area contributed by atoms with Crippen LogP contribution in [0.1, 0.15) is 31.5 Å². The average Bonchev–Trinajstić information content (AvgIpc) is 3.03. The Bertz CT molecular complexity index is 938. The molecule has 0 fully saturated rings. The van der Waals surface area contributed by atoms with Crippen LogP contribution in [0.2, 0.25) is 0 Å². The Morgan fingerprint density at radius 2 is 1.93 bits per heavy atom. The Hall–Kier alpha value is -2.73. The lowest BCUT2D eigenvalue weighted by atomic mass is 10.1. The summed E-state index contributed by atoms with van der Waals surface area (Å²) in [6.45, 7) is 2.33. The van der Waals surface area contributed by atoms with Crippen LogP contribution in [0.3, 0.4) is 0 Å². The van der Waals surface area contributed by atoms with Crippen molar-refractivity contribution in [1.82, 2.24) is 9.88 Å². The number of aryl methyl sites for hydroxylation is 1. The van der Waals surface area contributed by atoms with Crippen LogP contribution >= 0.6 is 11.3 Å². The number of aromatic nitrogens is 1. The summed E-state index contributed by atoms with van der Waals surface area (Å²) in [5.74, 6) is 0.450. The van der Waals surface area contributed by atoms with Crippen molar-refractivity contribution in [1.29, 1.82) is 0 Å². The third-order valence-electron chi connectivity index (χ3n) is 4.20. The number of benzene rings is 2. The molecule has 1 amide bonds. The molecule has 6 heteroatoms. The van der Waals surface area contributed by atoms with Crippen LogP contribution in [0.5, 0.6) is 5.75 Å². The van der Waals surface area contributed by atoms with E-state index in [0.717, 1.165) is 27.6 Å². The summed E-state index contributed by atoms with van der Waals surface area (Å²) in [5, 5.41) is 0.845. The topological polar surface area (TPSA) is 42.4 Å². The summed E-state index contributed by atoms with van der Waals surface area (Å²) in [7, 11) is 3.40. The van der Waals surface area contributed by atoms with E-state index in [2.05, 4.69) is 4.98 Å². The highest BCUT2D eigenvalue weighted by Gasteiger charge is 2.19. The van der Waals surface area contributed by atoms with Gasteiger partial charge in [-0.05, 0) is 42.3 Å². The van der Waals surface area contributed by atoms with Crippen molar-refractivity contribution in [2.45, 2.75) is 19.9 Å². The second kappa shape index (κ2) is 8.31. The molecule has 0 radical (unpaired) electrons. The maximum Gasteiger partial charge on any atom is 0.265 e. The Kier molecular flexibility index (Phi) is 5.86. The summed E-state index contributed by atoms with van der Waals surface area (Å²) < 4.78 is 18.3. The van der Waals surface area contributed by atoms with E-state index in [9.17, 15) is 9.18 Å². The highest BCUT2D eigenvalue weighted by atomic mass is 32.1. The minimum Gasteiger partial charge on any atom is -0.497 e. The van der Waals surface area contributed by atoms with Crippen LogP contribution in [0.4, 0.5) is 4.39 Å². The predicted molar refractivity (Wildman–Crippen MR) is 105 cm³/mol. The minimum atomic E-state index is -0.260. The third kappa shape index (κ3) is 4.71. The van der Waals surface area contributed by atoms with E-state index in [1.165, 1.54) is 23.5 Å². The molecule has 3 aromatic rings. The monoisotopic (exact) mass is 384 g/mol. The molecule has 0 saturated heterocycles. The molecule has 4 nitrogen and oxygen atoms in total. The van der Waals surface area contributed by atoms with Gasteiger partial charge in [-0.1, -0.05) is 24.3 Å². The maximum absolute atomic E-state index is 13.0. The molecule has 0 saturated carbocycles. The van der Waals surface area contributed by atoms with Gasteiger partial charge in [0.25, 0.3) is 5.91 Å². The van der Waals surface area contributed by atoms with E-state index >= 15 is 0 Å². The lowest BCUT2D eigenvalue weighted by Crippen LogP contribution is -2.26. The fourth-order valence-electron chi connectivity index (χ4n) is 2.79. The standard InChI is InChI=1S/C21H21FN2O2S/c1-14-20(27-19(23-14)12-15-7-9-17(22)10-8-15)21(25)24(2)13-16-5-4-6-18(11-16)26-3/h4-11H,12-13H2,1-3H3. The number of amides is 1. The highest BCUT2D eigenvalue weighted by molar-refractivity contribution is 7.13. The number of carbonyl (C=O) groups is 1. The quantitative estimate of drug-likeness (QED) is 0.630. The highest BCUT2D eigenvalue weighted by Crippen LogP contribution is 2.23. The van der Waals surface area contributed by atoms with E-state index in [1.807, 2.05) is 31.2 Å². The zero-order valence-corrected chi connectivity index (χ0v) is 16.3. The first kappa shape index (κ1) is 19.0. The van der Waals surface area contributed by atoms with E-state index in [0.29, 0.717) is 17.8 Å². The molecule has 0 aliphatic carbocycles. The summed E-state index contributed by atoms with van der Waals surface area (Å²) in [4.78, 5) is 19.7. The molecule has 2 aromatic carbocycles. The van der Waals surface area contributed by atoms with Gasteiger partial charge in [-0.2, -0.15) is 0 Å². The maximum atomic E-state index is 13.0. The first-order valence-corrected chi connectivity index (χ1v) is 9.37. The van der Waals surface area contributed by atoms with E-state index < -0.39 is 0 Å². The largest absolute Gasteiger partial charge is 0.497 e. The molecule has 0 aliphatic rings. The third-order valence-corrected chi connectivity index (χ3v) is 5.35. The van der Waals surface area contributed by atoms with Gasteiger partial charge in [-0.15, -0.1) is 11.3 Å². The fourth-order valence-corrected chi connectivity index (χ4v) is 3.89. The van der Waals surface area contributed by atoms with Gasteiger partial charge in [-0.3, -0.25) is 4.79 Å². The van der Waals surface area contributed by atoms with Crippen molar-refractivity contribution >= 4 is 17.2 Å². The molecule has 140 valence electrons. The molecule has 3 rings (SSSR count). The molecular weight excluding hydrogens is 363 g/mol. The van der Waals surface area contributed by atoms with Gasteiger partial charge in [0.15, 0.2) is 0 Å². The summed E-state index contributed by atoms with van der Waals surface area (Å²) in [6.07, 6.45) is 0.582. The molecule has 1 heterocycles. The smallest absolute Gasteiger partial charge is 0.265 e. The number of ether oxygens (including phenoxy) is 1. The SMILES string of the molecule is COc1cccc(CN(C)C(=O)c2sc(Cc3ccc(F)cc3)nc2C)c1. The zero-order chi connectivity index (χ0) is 19.4. The first-order chi connectivity index (χ1) is 13.0. The Balaban J connectivity index is 1.72. The van der Waals surface area contributed by atoms with Crippen molar-refractivity contribution < 1.29 is 13.9 Å². The van der Waals surface area contributed by atoms with Crippen molar-refractivity contribution in [2.75, 3.05) is 14.2 Å². The van der Waals surface area contributed by atoms with Gasteiger partial charge in [0.05, 0.1) is 17.8 Å². The summed E-state index contributed by atoms with van der Waals surface area (Å²) in [6, 6.07) is 14.0.